The summed E-state index contributed by atoms with van der Waals surface area (Å²) >= 11 is 0. The van der Waals surface area contributed by atoms with Gasteiger partial charge in [0.1, 0.15) is 0 Å². The van der Waals surface area contributed by atoms with E-state index in [0.717, 1.165) is 24.1 Å². The Balaban J connectivity index is 1.40. The van der Waals surface area contributed by atoms with E-state index in [1.807, 2.05) is 23.1 Å². The molecule has 0 saturated carbocycles. The first kappa shape index (κ1) is 17.5. The predicted octanol–water partition coefficient (Wildman–Crippen LogP) is 2.27. The summed E-state index contributed by atoms with van der Waals surface area (Å²) in [5.41, 5.74) is 3.09. The highest BCUT2D eigenvalue weighted by atomic mass is 16.5. The van der Waals surface area contributed by atoms with Gasteiger partial charge >= 0.3 is 0 Å². The van der Waals surface area contributed by atoms with Gasteiger partial charge in [-0.3, -0.25) is 14.6 Å². The molecule has 2 N–H and O–H groups in total. The number of amides is 2. The Kier molecular flexibility index (Phi) is 5.02. The zero-order valence-corrected chi connectivity index (χ0v) is 15.0. The molecule has 0 aliphatic carbocycles. The van der Waals surface area contributed by atoms with Gasteiger partial charge in [-0.05, 0) is 42.7 Å². The topological polar surface area (TPSA) is 83.6 Å². The molecular formula is C20H22N4O3. The number of nitrogens with one attached hydrogen (secondary N) is 2. The van der Waals surface area contributed by atoms with Crippen LogP contribution in [0.25, 0.3) is 0 Å². The smallest absolute Gasteiger partial charge is 0.254 e. The molecule has 7 nitrogen and oxygen atoms in total. The van der Waals surface area contributed by atoms with Crippen LogP contribution in [0.5, 0.6) is 0 Å². The highest BCUT2D eigenvalue weighted by Crippen LogP contribution is 2.27. The Morgan fingerprint density at radius 3 is 3.07 bits per heavy atom. The number of benzene rings is 1. The molecule has 0 unspecified atom stereocenters. The molecule has 1 saturated heterocycles. The maximum atomic E-state index is 12.9. The molecule has 0 bridgehead atoms. The van der Waals surface area contributed by atoms with E-state index in [1.54, 1.807) is 24.5 Å². The Hall–Kier alpha value is -2.93. The van der Waals surface area contributed by atoms with Crippen LogP contribution in [0.1, 0.15) is 28.8 Å². The number of nitrogens with zero attached hydrogens (tertiary/aromatic N) is 2. The Bertz CT molecular complexity index is 840. The van der Waals surface area contributed by atoms with Crippen molar-refractivity contribution in [1.82, 2.24) is 9.88 Å². The second-order valence-corrected chi connectivity index (χ2v) is 6.85. The number of piperidine rings is 1. The first-order chi connectivity index (χ1) is 13.2. The molecule has 4 rings (SSSR count). The van der Waals surface area contributed by atoms with Gasteiger partial charge in [0.25, 0.3) is 5.91 Å². The van der Waals surface area contributed by atoms with Crippen molar-refractivity contribution in [3.63, 3.8) is 0 Å². The Morgan fingerprint density at radius 1 is 1.30 bits per heavy atom. The second kappa shape index (κ2) is 7.75. The van der Waals surface area contributed by atoms with Gasteiger partial charge in [-0.25, -0.2) is 0 Å². The molecule has 2 amide bonds. The van der Waals surface area contributed by atoms with Crippen LogP contribution in [0, 0.1) is 0 Å². The molecule has 2 aromatic rings. The number of ether oxygens (including phenoxy) is 1. The number of carbonyl (C=O) groups is 2. The minimum Gasteiger partial charge on any atom is -0.374 e. The monoisotopic (exact) mass is 366 g/mol. The van der Waals surface area contributed by atoms with Crippen molar-refractivity contribution in [3.05, 3.63) is 53.9 Å². The minimum atomic E-state index is -0.103. The van der Waals surface area contributed by atoms with Crippen LogP contribution < -0.4 is 10.6 Å². The number of carbonyl (C=O) groups excluding carboxylic acids is 2. The third-order valence-electron chi connectivity index (χ3n) is 4.85. The summed E-state index contributed by atoms with van der Waals surface area (Å²) in [7, 11) is 0. The second-order valence-electron chi connectivity index (χ2n) is 6.85. The molecule has 3 heterocycles. The Labute approximate surface area is 157 Å². The van der Waals surface area contributed by atoms with E-state index < -0.39 is 0 Å². The third kappa shape index (κ3) is 4.09. The van der Waals surface area contributed by atoms with Gasteiger partial charge in [-0.1, -0.05) is 6.07 Å². The van der Waals surface area contributed by atoms with E-state index in [2.05, 4.69) is 15.6 Å². The summed E-state index contributed by atoms with van der Waals surface area (Å²) in [5, 5.41) is 5.84. The summed E-state index contributed by atoms with van der Waals surface area (Å²) in [4.78, 5) is 30.4. The normalized spacial score (nSPS) is 19.0. The first-order valence-electron chi connectivity index (χ1n) is 9.16. The number of hydrogen-bond donors (Lipinski definition) is 2. The highest BCUT2D eigenvalue weighted by Gasteiger charge is 2.26. The SMILES string of the molecule is O=C1CNc2ccc(C(=O)N3CCC[C@@H](OCc4cccnc4)C3)cc2N1. The maximum absolute atomic E-state index is 12.9. The number of aromatic nitrogens is 1. The van der Waals surface area contributed by atoms with Crippen LogP contribution in [0.2, 0.25) is 0 Å². The molecule has 0 radical (unpaired) electrons. The van der Waals surface area contributed by atoms with Crippen LogP contribution in [0.4, 0.5) is 11.4 Å². The lowest BCUT2D eigenvalue weighted by Crippen LogP contribution is -2.43. The highest BCUT2D eigenvalue weighted by molar-refractivity contribution is 6.03. The van der Waals surface area contributed by atoms with Gasteiger partial charge in [-0.2, -0.15) is 0 Å². The van der Waals surface area contributed by atoms with E-state index >= 15 is 0 Å². The fraction of sp³-hybridized carbons (Fsp3) is 0.350. The average molecular weight is 366 g/mol. The van der Waals surface area contributed by atoms with Crippen molar-refractivity contribution < 1.29 is 14.3 Å². The van der Waals surface area contributed by atoms with Crippen LogP contribution in [-0.2, 0) is 16.1 Å². The molecule has 2 aliphatic rings. The quantitative estimate of drug-likeness (QED) is 0.867. The first-order valence-corrected chi connectivity index (χ1v) is 9.16. The molecule has 2 aliphatic heterocycles. The zero-order valence-electron chi connectivity index (χ0n) is 15.0. The third-order valence-corrected chi connectivity index (χ3v) is 4.85. The number of hydrogen-bond acceptors (Lipinski definition) is 5. The molecule has 7 heteroatoms. The van der Waals surface area contributed by atoms with Crippen LogP contribution in [0.15, 0.2) is 42.7 Å². The Morgan fingerprint density at radius 2 is 2.22 bits per heavy atom. The zero-order chi connectivity index (χ0) is 18.6. The standard InChI is InChI=1S/C20H22N4O3/c25-19-11-22-17-6-5-15(9-18(17)23-19)20(26)24-8-2-4-16(12-24)27-13-14-3-1-7-21-10-14/h1,3,5-7,9-10,16,22H,2,4,8,11-13H2,(H,23,25)/t16-/m1/s1. The van der Waals surface area contributed by atoms with Crippen molar-refractivity contribution in [2.24, 2.45) is 0 Å². The van der Waals surface area contributed by atoms with Crippen molar-refractivity contribution in [2.75, 3.05) is 30.3 Å². The molecule has 1 atom stereocenters. The number of likely N-dealkylation sites (tertiary alicyclic amines) is 1. The lowest BCUT2D eigenvalue weighted by Gasteiger charge is -2.33. The molecule has 1 fully saturated rings. The van der Waals surface area contributed by atoms with Gasteiger partial charge in [0.2, 0.25) is 5.91 Å². The van der Waals surface area contributed by atoms with Gasteiger partial charge in [-0.15, -0.1) is 0 Å². The summed E-state index contributed by atoms with van der Waals surface area (Å²) in [6.45, 7) is 2.04. The van der Waals surface area contributed by atoms with Crippen molar-refractivity contribution >= 4 is 23.2 Å². The van der Waals surface area contributed by atoms with Crippen molar-refractivity contribution in [2.45, 2.75) is 25.6 Å². The minimum absolute atomic E-state index is 0.0157. The van der Waals surface area contributed by atoms with Crippen LogP contribution in [0.3, 0.4) is 0 Å². The van der Waals surface area contributed by atoms with Gasteiger partial charge < -0.3 is 20.3 Å². The average Bonchev–Trinajstić information content (AvgIpc) is 2.72. The molecule has 1 aromatic heterocycles. The number of anilines is 2. The van der Waals surface area contributed by atoms with E-state index in [1.165, 1.54) is 0 Å². The summed E-state index contributed by atoms with van der Waals surface area (Å²) < 4.78 is 5.99. The van der Waals surface area contributed by atoms with Crippen molar-refractivity contribution in [1.29, 1.82) is 0 Å². The largest absolute Gasteiger partial charge is 0.374 e. The van der Waals surface area contributed by atoms with Gasteiger partial charge in [0.05, 0.1) is 30.6 Å². The lowest BCUT2D eigenvalue weighted by molar-refractivity contribution is -0.114. The van der Waals surface area contributed by atoms with E-state index in [-0.39, 0.29) is 24.5 Å². The van der Waals surface area contributed by atoms with Crippen LogP contribution >= 0.6 is 0 Å². The molecular weight excluding hydrogens is 344 g/mol. The number of fused-ring (bicyclic) bond motifs is 1. The molecule has 27 heavy (non-hydrogen) atoms. The summed E-state index contributed by atoms with van der Waals surface area (Å²) in [6, 6.07) is 9.24. The maximum Gasteiger partial charge on any atom is 0.254 e. The molecule has 140 valence electrons. The van der Waals surface area contributed by atoms with E-state index in [9.17, 15) is 9.59 Å². The number of rotatable bonds is 4. The number of pyridine rings is 1. The summed E-state index contributed by atoms with van der Waals surface area (Å²) in [5.74, 6) is -0.138. The van der Waals surface area contributed by atoms with Gasteiger partial charge in [0, 0.05) is 31.0 Å². The summed E-state index contributed by atoms with van der Waals surface area (Å²) in [6.07, 6.45) is 5.39. The molecule has 1 aromatic carbocycles. The van der Waals surface area contributed by atoms with Gasteiger partial charge in [0.15, 0.2) is 0 Å². The van der Waals surface area contributed by atoms with E-state index in [4.69, 9.17) is 4.74 Å². The predicted molar refractivity (Wildman–Crippen MR) is 102 cm³/mol. The van der Waals surface area contributed by atoms with Crippen molar-refractivity contribution in [3.8, 4) is 0 Å². The lowest BCUT2D eigenvalue weighted by atomic mass is 10.1. The fourth-order valence-electron chi connectivity index (χ4n) is 3.44. The van der Waals surface area contributed by atoms with E-state index in [0.29, 0.717) is 30.9 Å². The van der Waals surface area contributed by atoms with Crippen LogP contribution in [-0.4, -0.2) is 47.4 Å². The molecule has 0 spiro atoms. The fourth-order valence-corrected chi connectivity index (χ4v) is 3.44.